The zero-order valence-electron chi connectivity index (χ0n) is 7.92. The number of hydrogen-bond donors (Lipinski definition) is 1. The first-order chi connectivity index (χ1) is 6.70. The van der Waals surface area contributed by atoms with Crippen molar-refractivity contribution >= 4 is 10.8 Å². The van der Waals surface area contributed by atoms with Gasteiger partial charge in [-0.2, -0.15) is 0 Å². The van der Waals surface area contributed by atoms with Crippen LogP contribution in [0, 0.1) is 12.7 Å². The first-order valence-electron chi connectivity index (χ1n) is 4.50. The molecule has 2 aromatic carbocycles. The molecule has 0 aliphatic heterocycles. The van der Waals surface area contributed by atoms with Crippen molar-refractivity contribution in [1.29, 1.82) is 0 Å². The van der Waals surface area contributed by atoms with Gasteiger partial charge in [0.15, 0.2) is 0 Å². The van der Waals surface area contributed by atoms with Crippen molar-refractivity contribution in [2.75, 3.05) is 0 Å². The van der Waals surface area contributed by atoms with Crippen LogP contribution in [0.3, 0.4) is 0 Å². The van der Waals surface area contributed by atoms with E-state index >= 15 is 0 Å². The second-order valence-electron chi connectivity index (χ2n) is 3.44. The van der Waals surface area contributed by atoms with Crippen LogP contribution in [0.2, 0.25) is 0 Å². The number of hydrogen-bond acceptors (Lipinski definition) is 1. The molecule has 0 aromatic heterocycles. The average Bonchev–Trinajstić information content (AvgIpc) is 2.19. The summed E-state index contributed by atoms with van der Waals surface area (Å²) in [5.41, 5.74) is 1.85. The fraction of sp³-hybridized carbons (Fsp3) is 0.167. The van der Waals surface area contributed by atoms with E-state index in [1.165, 1.54) is 12.1 Å². The Balaban J connectivity index is 2.76. The zero-order valence-corrected chi connectivity index (χ0v) is 7.92. The summed E-state index contributed by atoms with van der Waals surface area (Å²) in [6.45, 7) is 1.94. The fourth-order valence-electron chi connectivity index (χ4n) is 1.68. The van der Waals surface area contributed by atoms with E-state index in [0.717, 1.165) is 21.9 Å². The van der Waals surface area contributed by atoms with Crippen molar-refractivity contribution in [3.63, 3.8) is 0 Å². The third-order valence-corrected chi connectivity index (χ3v) is 2.37. The highest BCUT2D eigenvalue weighted by molar-refractivity contribution is 5.86. The molecule has 0 amide bonds. The predicted octanol–water partition coefficient (Wildman–Crippen LogP) is 2.78. The molecule has 0 spiro atoms. The Morgan fingerprint density at radius 1 is 1.21 bits per heavy atom. The van der Waals surface area contributed by atoms with E-state index in [9.17, 15) is 4.39 Å². The third kappa shape index (κ3) is 1.49. The standard InChI is InChI=1S/C12H11FO/c1-8-4-9(7-14)5-10-2-3-11(13)6-12(8)10/h2-6,14H,7H2,1H3. The largest absolute Gasteiger partial charge is 0.392 e. The van der Waals surface area contributed by atoms with Crippen molar-refractivity contribution < 1.29 is 9.50 Å². The van der Waals surface area contributed by atoms with Gasteiger partial charge in [-0.1, -0.05) is 12.1 Å². The van der Waals surface area contributed by atoms with Crippen molar-refractivity contribution in [3.05, 3.63) is 47.3 Å². The van der Waals surface area contributed by atoms with E-state index in [0.29, 0.717) is 0 Å². The first-order valence-corrected chi connectivity index (χ1v) is 4.50. The van der Waals surface area contributed by atoms with Crippen LogP contribution in [-0.4, -0.2) is 5.11 Å². The van der Waals surface area contributed by atoms with Gasteiger partial charge in [-0.3, -0.25) is 0 Å². The summed E-state index contributed by atoms with van der Waals surface area (Å²) in [5.74, 6) is -0.225. The van der Waals surface area contributed by atoms with Gasteiger partial charge in [0.2, 0.25) is 0 Å². The van der Waals surface area contributed by atoms with E-state index in [2.05, 4.69) is 0 Å². The minimum Gasteiger partial charge on any atom is -0.392 e. The predicted molar refractivity (Wildman–Crippen MR) is 54.6 cm³/mol. The van der Waals surface area contributed by atoms with Crippen LogP contribution in [0.4, 0.5) is 4.39 Å². The Kier molecular flexibility index (Phi) is 2.22. The monoisotopic (exact) mass is 190 g/mol. The van der Waals surface area contributed by atoms with Crippen molar-refractivity contribution in [2.45, 2.75) is 13.5 Å². The van der Waals surface area contributed by atoms with Crippen LogP contribution >= 0.6 is 0 Å². The normalized spacial score (nSPS) is 10.8. The molecule has 0 radical (unpaired) electrons. The van der Waals surface area contributed by atoms with Gasteiger partial charge < -0.3 is 5.11 Å². The lowest BCUT2D eigenvalue weighted by molar-refractivity contribution is 0.282. The second kappa shape index (κ2) is 3.39. The van der Waals surface area contributed by atoms with Gasteiger partial charge in [0.1, 0.15) is 5.82 Å². The summed E-state index contributed by atoms with van der Waals surface area (Å²) in [7, 11) is 0. The van der Waals surface area contributed by atoms with Crippen LogP contribution in [0.25, 0.3) is 10.8 Å². The van der Waals surface area contributed by atoms with Crippen LogP contribution in [0.1, 0.15) is 11.1 Å². The lowest BCUT2D eigenvalue weighted by atomic mass is 10.0. The van der Waals surface area contributed by atoms with E-state index in [1.54, 1.807) is 6.07 Å². The molecule has 0 bridgehead atoms. The van der Waals surface area contributed by atoms with Crippen molar-refractivity contribution in [1.82, 2.24) is 0 Å². The highest BCUT2D eigenvalue weighted by atomic mass is 19.1. The number of aliphatic hydroxyl groups excluding tert-OH is 1. The number of aliphatic hydroxyl groups is 1. The first kappa shape index (κ1) is 9.16. The van der Waals surface area contributed by atoms with Crippen molar-refractivity contribution in [2.24, 2.45) is 0 Å². The fourth-order valence-corrected chi connectivity index (χ4v) is 1.68. The van der Waals surface area contributed by atoms with Gasteiger partial charge in [0.05, 0.1) is 6.61 Å². The van der Waals surface area contributed by atoms with Crippen molar-refractivity contribution in [3.8, 4) is 0 Å². The topological polar surface area (TPSA) is 20.2 Å². The molecule has 2 aromatic rings. The number of aryl methyl sites for hydroxylation is 1. The third-order valence-electron chi connectivity index (χ3n) is 2.37. The van der Waals surface area contributed by atoms with Gasteiger partial charge in [-0.15, -0.1) is 0 Å². The maximum absolute atomic E-state index is 12.9. The van der Waals surface area contributed by atoms with Crippen LogP contribution in [0.15, 0.2) is 30.3 Å². The maximum atomic E-state index is 12.9. The zero-order chi connectivity index (χ0) is 10.1. The molecule has 0 saturated carbocycles. The molecule has 0 atom stereocenters. The number of halogens is 1. The van der Waals surface area contributed by atoms with Gasteiger partial charge in [0.25, 0.3) is 0 Å². The van der Waals surface area contributed by atoms with E-state index < -0.39 is 0 Å². The van der Waals surface area contributed by atoms with Crippen LogP contribution in [-0.2, 0) is 6.61 Å². The van der Waals surface area contributed by atoms with Crippen LogP contribution in [0.5, 0.6) is 0 Å². The van der Waals surface area contributed by atoms with Gasteiger partial charge in [-0.05, 0) is 47.0 Å². The Bertz CT molecular complexity index is 477. The van der Waals surface area contributed by atoms with Gasteiger partial charge >= 0.3 is 0 Å². The molecule has 14 heavy (non-hydrogen) atoms. The summed E-state index contributed by atoms with van der Waals surface area (Å²) >= 11 is 0. The molecule has 0 saturated heterocycles. The molecule has 1 nitrogen and oxygen atoms in total. The molecule has 2 heteroatoms. The molecule has 0 aliphatic carbocycles. The van der Waals surface area contributed by atoms with Gasteiger partial charge in [0, 0.05) is 0 Å². The van der Waals surface area contributed by atoms with E-state index in [1.807, 2.05) is 19.1 Å². The van der Waals surface area contributed by atoms with E-state index in [-0.39, 0.29) is 12.4 Å². The molecule has 0 aliphatic rings. The lowest BCUT2D eigenvalue weighted by Gasteiger charge is -2.05. The van der Waals surface area contributed by atoms with E-state index in [4.69, 9.17) is 5.11 Å². The maximum Gasteiger partial charge on any atom is 0.123 e. The molecule has 0 unspecified atom stereocenters. The molecule has 0 heterocycles. The SMILES string of the molecule is Cc1cc(CO)cc2ccc(F)cc12. The molecule has 72 valence electrons. The summed E-state index contributed by atoms with van der Waals surface area (Å²) in [6.07, 6.45) is 0. The Hall–Kier alpha value is -1.41. The van der Waals surface area contributed by atoms with Gasteiger partial charge in [-0.25, -0.2) is 4.39 Å². The minimum atomic E-state index is -0.225. The summed E-state index contributed by atoms with van der Waals surface area (Å²) in [6, 6.07) is 8.44. The smallest absolute Gasteiger partial charge is 0.123 e. The van der Waals surface area contributed by atoms with Crippen LogP contribution < -0.4 is 0 Å². The quantitative estimate of drug-likeness (QED) is 0.733. The number of benzene rings is 2. The molecular weight excluding hydrogens is 179 g/mol. The highest BCUT2D eigenvalue weighted by Crippen LogP contribution is 2.21. The number of rotatable bonds is 1. The molecular formula is C12H11FO. The highest BCUT2D eigenvalue weighted by Gasteiger charge is 2.01. The summed E-state index contributed by atoms with van der Waals surface area (Å²) < 4.78 is 12.9. The lowest BCUT2D eigenvalue weighted by Crippen LogP contribution is -1.87. The second-order valence-corrected chi connectivity index (χ2v) is 3.44. The number of fused-ring (bicyclic) bond motifs is 1. The summed E-state index contributed by atoms with van der Waals surface area (Å²) in [4.78, 5) is 0. The Labute approximate surface area is 81.8 Å². The Morgan fingerprint density at radius 3 is 2.71 bits per heavy atom. The molecule has 0 fully saturated rings. The molecule has 2 rings (SSSR count). The minimum absolute atomic E-state index is 0.0220. The average molecular weight is 190 g/mol. The Morgan fingerprint density at radius 2 is 2.00 bits per heavy atom. The molecule has 1 N–H and O–H groups in total. The summed E-state index contributed by atoms with van der Waals surface area (Å²) in [5, 5.41) is 10.9.